The molecular formula is C17H26N2O2. The van der Waals surface area contributed by atoms with Crippen LogP contribution in [0.25, 0.3) is 0 Å². The van der Waals surface area contributed by atoms with Gasteiger partial charge in [0.25, 0.3) is 0 Å². The van der Waals surface area contributed by atoms with Gasteiger partial charge in [0.05, 0.1) is 0 Å². The molecule has 4 fully saturated rings. The molecule has 1 unspecified atom stereocenters. The van der Waals surface area contributed by atoms with Crippen molar-refractivity contribution >= 4 is 6.09 Å². The number of carbonyl (C=O) groups excluding carboxylic acids is 1. The van der Waals surface area contributed by atoms with Crippen molar-refractivity contribution in [3.8, 4) is 12.3 Å². The van der Waals surface area contributed by atoms with Crippen LogP contribution in [0, 0.1) is 24.2 Å². The average molecular weight is 290 g/mol. The summed E-state index contributed by atoms with van der Waals surface area (Å²) >= 11 is 0. The zero-order valence-electron chi connectivity index (χ0n) is 12.7. The van der Waals surface area contributed by atoms with Crippen LogP contribution < -0.4 is 5.32 Å². The van der Waals surface area contributed by atoms with Crippen molar-refractivity contribution in [1.82, 2.24) is 10.2 Å². The second-order valence-corrected chi connectivity index (χ2v) is 6.78. The lowest BCUT2D eigenvalue weighted by molar-refractivity contribution is -0.00900. The molecule has 3 aliphatic heterocycles. The van der Waals surface area contributed by atoms with E-state index < -0.39 is 0 Å². The molecule has 4 heteroatoms. The fourth-order valence-electron chi connectivity index (χ4n) is 4.13. The van der Waals surface area contributed by atoms with Crippen molar-refractivity contribution in [2.75, 3.05) is 19.7 Å². The van der Waals surface area contributed by atoms with Gasteiger partial charge in [0, 0.05) is 24.5 Å². The van der Waals surface area contributed by atoms with Gasteiger partial charge in [-0.15, -0.1) is 12.3 Å². The number of hydrogen-bond acceptors (Lipinski definition) is 3. The number of amides is 1. The second kappa shape index (κ2) is 6.70. The third-order valence-corrected chi connectivity index (χ3v) is 5.43. The molecule has 1 N–H and O–H groups in total. The fourth-order valence-corrected chi connectivity index (χ4v) is 4.13. The van der Waals surface area contributed by atoms with Crippen molar-refractivity contribution in [2.24, 2.45) is 11.8 Å². The highest BCUT2D eigenvalue weighted by Gasteiger charge is 2.39. The predicted molar refractivity (Wildman–Crippen MR) is 81.8 cm³/mol. The minimum absolute atomic E-state index is 0.238. The maximum atomic E-state index is 11.9. The topological polar surface area (TPSA) is 41.6 Å². The Morgan fingerprint density at radius 1 is 1.29 bits per heavy atom. The van der Waals surface area contributed by atoms with Crippen LogP contribution in [0.2, 0.25) is 0 Å². The smallest absolute Gasteiger partial charge is 0.407 e. The molecule has 0 radical (unpaired) electrons. The molecule has 116 valence electrons. The van der Waals surface area contributed by atoms with E-state index in [2.05, 4.69) is 16.1 Å². The third kappa shape index (κ3) is 3.52. The monoisotopic (exact) mass is 290 g/mol. The zero-order valence-corrected chi connectivity index (χ0v) is 12.7. The van der Waals surface area contributed by atoms with E-state index in [1.165, 1.54) is 25.7 Å². The van der Waals surface area contributed by atoms with E-state index in [0.29, 0.717) is 30.5 Å². The van der Waals surface area contributed by atoms with Gasteiger partial charge >= 0.3 is 6.09 Å². The minimum atomic E-state index is -0.238. The molecule has 0 spiro atoms. The van der Waals surface area contributed by atoms with Crippen LogP contribution in [0.4, 0.5) is 4.79 Å². The average Bonchev–Trinajstić information content (AvgIpc) is 2.54. The van der Waals surface area contributed by atoms with Crippen LogP contribution in [0.1, 0.15) is 44.9 Å². The first-order valence-corrected chi connectivity index (χ1v) is 8.39. The number of rotatable bonds is 3. The molecule has 3 heterocycles. The molecule has 2 bridgehead atoms. The summed E-state index contributed by atoms with van der Waals surface area (Å²) < 4.78 is 5.46. The molecular weight excluding hydrogens is 264 g/mol. The quantitative estimate of drug-likeness (QED) is 0.812. The van der Waals surface area contributed by atoms with E-state index in [0.717, 1.165) is 32.4 Å². The molecule has 1 saturated carbocycles. The molecule has 21 heavy (non-hydrogen) atoms. The fraction of sp³-hybridized carbons (Fsp3) is 0.824. The van der Waals surface area contributed by atoms with Gasteiger partial charge in [-0.2, -0.15) is 0 Å². The first-order chi connectivity index (χ1) is 10.3. The summed E-state index contributed by atoms with van der Waals surface area (Å²) in [5.74, 6) is 3.93. The van der Waals surface area contributed by atoms with Crippen molar-refractivity contribution in [1.29, 1.82) is 0 Å². The Balaban J connectivity index is 1.41. The number of hydrogen-bond donors (Lipinski definition) is 1. The van der Waals surface area contributed by atoms with Gasteiger partial charge in [-0.1, -0.05) is 19.3 Å². The molecule has 1 amide bonds. The first-order valence-electron chi connectivity index (χ1n) is 8.39. The molecule has 4 nitrogen and oxygen atoms in total. The summed E-state index contributed by atoms with van der Waals surface area (Å²) in [5, 5.41) is 3.01. The summed E-state index contributed by atoms with van der Waals surface area (Å²) in [7, 11) is 0. The Labute approximate surface area is 127 Å². The highest BCUT2D eigenvalue weighted by Crippen LogP contribution is 2.35. The number of alkyl carbamates (subject to hydrolysis) is 1. The Bertz CT molecular complexity index is 412. The highest BCUT2D eigenvalue weighted by atomic mass is 16.5. The number of terminal acetylenes is 1. The van der Waals surface area contributed by atoms with Gasteiger partial charge in [0.15, 0.2) is 0 Å². The van der Waals surface area contributed by atoms with E-state index in [4.69, 9.17) is 11.2 Å². The third-order valence-electron chi connectivity index (χ3n) is 5.43. The molecule has 4 atom stereocenters. The molecule has 0 aromatic carbocycles. The Morgan fingerprint density at radius 2 is 2.10 bits per heavy atom. The van der Waals surface area contributed by atoms with Crippen LogP contribution in [0.15, 0.2) is 0 Å². The van der Waals surface area contributed by atoms with Gasteiger partial charge in [-0.05, 0) is 38.1 Å². The van der Waals surface area contributed by atoms with Crippen molar-refractivity contribution in [3.05, 3.63) is 0 Å². The lowest BCUT2D eigenvalue weighted by Crippen LogP contribution is -2.55. The Kier molecular flexibility index (Phi) is 4.70. The molecule has 0 aromatic rings. The number of ether oxygens (including phenoxy) is 1. The Hall–Kier alpha value is -1.21. The van der Waals surface area contributed by atoms with Crippen LogP contribution in [-0.2, 0) is 4.74 Å². The highest BCUT2D eigenvalue weighted by molar-refractivity contribution is 5.67. The molecule has 0 aromatic heterocycles. The van der Waals surface area contributed by atoms with Gasteiger partial charge < -0.3 is 10.1 Å². The van der Waals surface area contributed by atoms with Gasteiger partial charge in [0.1, 0.15) is 6.61 Å². The largest absolute Gasteiger partial charge is 0.448 e. The SMILES string of the molecule is C#C[C@H]1CN2CC[C@@H]1C[C@@H]2COC(=O)NC1CCCCC1. The van der Waals surface area contributed by atoms with Crippen molar-refractivity contribution in [3.63, 3.8) is 0 Å². The number of piperidine rings is 3. The van der Waals surface area contributed by atoms with Crippen LogP contribution in [-0.4, -0.2) is 42.8 Å². The molecule has 1 aliphatic carbocycles. The summed E-state index contributed by atoms with van der Waals surface area (Å²) in [6.45, 7) is 2.58. The number of nitrogens with zero attached hydrogens (tertiary/aromatic N) is 1. The van der Waals surface area contributed by atoms with Crippen LogP contribution in [0.3, 0.4) is 0 Å². The first kappa shape index (κ1) is 14.7. The van der Waals surface area contributed by atoms with E-state index in [9.17, 15) is 4.79 Å². The number of nitrogens with one attached hydrogen (secondary N) is 1. The minimum Gasteiger partial charge on any atom is -0.448 e. The maximum absolute atomic E-state index is 11.9. The predicted octanol–water partition coefficient (Wildman–Crippen LogP) is 2.39. The van der Waals surface area contributed by atoms with Crippen molar-refractivity contribution in [2.45, 2.75) is 57.0 Å². The number of carbonyl (C=O) groups is 1. The van der Waals surface area contributed by atoms with Gasteiger partial charge in [-0.3, -0.25) is 4.90 Å². The molecule has 4 aliphatic rings. The summed E-state index contributed by atoms with van der Waals surface area (Å²) in [6.07, 6.45) is 13.5. The van der Waals surface area contributed by atoms with Gasteiger partial charge in [0.2, 0.25) is 0 Å². The van der Waals surface area contributed by atoms with Crippen molar-refractivity contribution < 1.29 is 9.53 Å². The lowest BCUT2D eigenvalue weighted by atomic mass is 9.76. The standard InChI is InChI=1S/C17H26N2O2/c1-2-13-11-19-9-8-14(13)10-16(19)12-21-17(20)18-15-6-4-3-5-7-15/h1,13-16H,3-12H2,(H,18,20)/t13-,14+,16+/m0/s1. The summed E-state index contributed by atoms with van der Waals surface area (Å²) in [6, 6.07) is 0.686. The van der Waals surface area contributed by atoms with E-state index in [1.54, 1.807) is 0 Å². The summed E-state index contributed by atoms with van der Waals surface area (Å²) in [5.41, 5.74) is 0. The maximum Gasteiger partial charge on any atom is 0.407 e. The number of fused-ring (bicyclic) bond motifs is 3. The summed E-state index contributed by atoms with van der Waals surface area (Å²) in [4.78, 5) is 14.3. The van der Waals surface area contributed by atoms with Crippen LogP contribution in [0.5, 0.6) is 0 Å². The van der Waals surface area contributed by atoms with E-state index >= 15 is 0 Å². The zero-order chi connectivity index (χ0) is 14.7. The lowest BCUT2D eigenvalue weighted by Gasteiger charge is -2.48. The van der Waals surface area contributed by atoms with Crippen LogP contribution >= 0.6 is 0 Å². The van der Waals surface area contributed by atoms with E-state index in [1.807, 2.05) is 0 Å². The normalized spacial score (nSPS) is 36.0. The molecule has 3 saturated heterocycles. The molecule has 4 rings (SSSR count). The Morgan fingerprint density at radius 3 is 2.76 bits per heavy atom. The van der Waals surface area contributed by atoms with Gasteiger partial charge in [-0.25, -0.2) is 4.79 Å². The second-order valence-electron chi connectivity index (χ2n) is 6.78. The van der Waals surface area contributed by atoms with E-state index in [-0.39, 0.29) is 6.09 Å².